The van der Waals surface area contributed by atoms with Gasteiger partial charge in [0.15, 0.2) is 5.82 Å². The van der Waals surface area contributed by atoms with Crippen molar-refractivity contribution in [2.45, 2.75) is 0 Å². The third kappa shape index (κ3) is 1.82. The lowest BCUT2D eigenvalue weighted by molar-refractivity contribution is 0.397. The fourth-order valence-electron chi connectivity index (χ4n) is 1.05. The van der Waals surface area contributed by atoms with Gasteiger partial charge in [0.25, 0.3) is 0 Å². The lowest BCUT2D eigenvalue weighted by Gasteiger charge is -2.06. The average molecular weight is 190 g/mol. The van der Waals surface area contributed by atoms with Gasteiger partial charge in [-0.2, -0.15) is 0 Å². The molecule has 0 unspecified atom stereocenters. The van der Waals surface area contributed by atoms with Gasteiger partial charge in [0, 0.05) is 18.5 Å². The van der Waals surface area contributed by atoms with E-state index < -0.39 is 0 Å². The van der Waals surface area contributed by atoms with E-state index in [0.29, 0.717) is 11.7 Å². The number of methoxy groups -OCH3 is 1. The zero-order chi connectivity index (χ0) is 9.80. The third-order valence-electron chi connectivity index (χ3n) is 1.70. The van der Waals surface area contributed by atoms with Crippen molar-refractivity contribution < 1.29 is 4.74 Å². The molecular weight excluding hydrogens is 180 g/mol. The van der Waals surface area contributed by atoms with Crippen LogP contribution in [0.1, 0.15) is 0 Å². The van der Waals surface area contributed by atoms with E-state index in [-0.39, 0.29) is 0 Å². The highest BCUT2D eigenvalue weighted by molar-refractivity contribution is 5.36. The molecule has 0 aliphatic rings. The molecule has 0 spiro atoms. The van der Waals surface area contributed by atoms with Gasteiger partial charge < -0.3 is 4.74 Å². The smallest absolute Gasteiger partial charge is 0.218 e. The van der Waals surface area contributed by atoms with Crippen LogP contribution in [0.3, 0.4) is 0 Å². The zero-order valence-corrected chi connectivity index (χ0v) is 7.71. The van der Waals surface area contributed by atoms with Crippen LogP contribution < -0.4 is 10.2 Å². The summed E-state index contributed by atoms with van der Waals surface area (Å²) in [5.74, 6) is 1.22. The summed E-state index contributed by atoms with van der Waals surface area (Å²) in [6, 6.07) is 5.57. The number of nitrogens with one attached hydrogen (secondary N) is 1. The second kappa shape index (κ2) is 3.78. The van der Waals surface area contributed by atoms with Crippen LogP contribution in [0.25, 0.3) is 0 Å². The Hall–Kier alpha value is -2.04. The molecule has 1 N–H and O–H groups in total. The van der Waals surface area contributed by atoms with Gasteiger partial charge in [-0.25, -0.2) is 9.97 Å². The molecule has 0 fully saturated rings. The van der Waals surface area contributed by atoms with E-state index in [1.54, 1.807) is 17.9 Å². The maximum Gasteiger partial charge on any atom is 0.218 e. The molecule has 0 aliphatic carbocycles. The molecule has 5 nitrogen and oxygen atoms in total. The van der Waals surface area contributed by atoms with Crippen LogP contribution in [0, 0.1) is 0 Å². The van der Waals surface area contributed by atoms with Crippen molar-refractivity contribution >= 4 is 5.82 Å². The number of nitrogens with zero attached hydrogens (tertiary/aromatic N) is 3. The Balaban J connectivity index is 2.17. The molecule has 0 bridgehead atoms. The first-order valence-electron chi connectivity index (χ1n) is 4.14. The maximum atomic E-state index is 4.97. The molecule has 2 rings (SSSR count). The predicted molar refractivity (Wildman–Crippen MR) is 52.0 cm³/mol. The van der Waals surface area contributed by atoms with Crippen LogP contribution in [0.5, 0.6) is 5.88 Å². The maximum absolute atomic E-state index is 4.97. The van der Waals surface area contributed by atoms with Crippen LogP contribution >= 0.6 is 0 Å². The molecule has 0 aromatic carbocycles. The van der Waals surface area contributed by atoms with E-state index in [1.807, 2.05) is 24.5 Å². The number of hydrogen-bond donors (Lipinski definition) is 1. The molecule has 2 aromatic rings. The van der Waals surface area contributed by atoms with Crippen LogP contribution in [0.2, 0.25) is 0 Å². The van der Waals surface area contributed by atoms with Crippen LogP contribution in [0.4, 0.5) is 5.82 Å². The number of anilines is 1. The second-order valence-electron chi connectivity index (χ2n) is 2.65. The van der Waals surface area contributed by atoms with Crippen molar-refractivity contribution in [1.82, 2.24) is 14.6 Å². The quantitative estimate of drug-likeness (QED) is 0.789. The summed E-state index contributed by atoms with van der Waals surface area (Å²) >= 11 is 0. The largest absolute Gasteiger partial charge is 0.481 e. The van der Waals surface area contributed by atoms with Gasteiger partial charge in [0.05, 0.1) is 7.11 Å². The zero-order valence-electron chi connectivity index (χ0n) is 7.71. The van der Waals surface area contributed by atoms with Crippen molar-refractivity contribution in [3.05, 3.63) is 36.9 Å². The standard InChI is InChI=1S/C9H10N4O/c1-14-9-6-8(10-7-11-9)12-13-4-2-3-5-13/h2-7H,1H3,(H,10,11,12). The predicted octanol–water partition coefficient (Wildman–Crippen LogP) is 1.16. The molecule has 0 saturated carbocycles. The van der Waals surface area contributed by atoms with Crippen LogP contribution in [-0.2, 0) is 0 Å². The Morgan fingerprint density at radius 3 is 2.79 bits per heavy atom. The summed E-state index contributed by atoms with van der Waals surface area (Å²) in [4.78, 5) is 7.94. The third-order valence-corrected chi connectivity index (χ3v) is 1.70. The Kier molecular flexibility index (Phi) is 2.31. The summed E-state index contributed by atoms with van der Waals surface area (Å²) in [5.41, 5.74) is 3.04. The highest BCUT2D eigenvalue weighted by Gasteiger charge is 1.97. The summed E-state index contributed by atoms with van der Waals surface area (Å²) in [6.45, 7) is 0. The monoisotopic (exact) mass is 190 g/mol. The van der Waals surface area contributed by atoms with Gasteiger partial charge in [-0.05, 0) is 12.1 Å². The van der Waals surface area contributed by atoms with E-state index in [0.717, 1.165) is 0 Å². The topological polar surface area (TPSA) is 52.0 Å². The SMILES string of the molecule is COc1cc(Nn2cccc2)ncn1. The number of hydrogen-bond acceptors (Lipinski definition) is 4. The van der Waals surface area contributed by atoms with E-state index >= 15 is 0 Å². The first-order valence-corrected chi connectivity index (χ1v) is 4.14. The average Bonchev–Trinajstić information content (AvgIpc) is 2.71. The molecule has 14 heavy (non-hydrogen) atoms. The molecule has 0 aliphatic heterocycles. The lowest BCUT2D eigenvalue weighted by Crippen LogP contribution is -2.07. The summed E-state index contributed by atoms with van der Waals surface area (Å²) < 4.78 is 6.77. The van der Waals surface area contributed by atoms with Crippen molar-refractivity contribution in [3.63, 3.8) is 0 Å². The van der Waals surface area contributed by atoms with Gasteiger partial charge in [-0.15, -0.1) is 0 Å². The first-order chi connectivity index (χ1) is 6.88. The van der Waals surface area contributed by atoms with Crippen molar-refractivity contribution in [2.75, 3.05) is 12.5 Å². The van der Waals surface area contributed by atoms with Gasteiger partial charge in [-0.3, -0.25) is 10.1 Å². The summed E-state index contributed by atoms with van der Waals surface area (Å²) in [5, 5.41) is 0. The fourth-order valence-corrected chi connectivity index (χ4v) is 1.05. The van der Waals surface area contributed by atoms with Crippen molar-refractivity contribution in [3.8, 4) is 5.88 Å². The Bertz CT molecular complexity index is 399. The summed E-state index contributed by atoms with van der Waals surface area (Å²) in [6.07, 6.45) is 5.22. The minimum Gasteiger partial charge on any atom is -0.481 e. The highest BCUT2D eigenvalue weighted by atomic mass is 16.5. The molecule has 5 heteroatoms. The Labute approximate surface area is 81.3 Å². The highest BCUT2D eigenvalue weighted by Crippen LogP contribution is 2.09. The van der Waals surface area contributed by atoms with E-state index in [2.05, 4.69) is 15.4 Å². The van der Waals surface area contributed by atoms with Gasteiger partial charge in [0.1, 0.15) is 6.33 Å². The van der Waals surface area contributed by atoms with E-state index in [1.165, 1.54) is 6.33 Å². The molecule has 0 atom stereocenters. The molecule has 0 saturated heterocycles. The van der Waals surface area contributed by atoms with Crippen LogP contribution in [-0.4, -0.2) is 21.8 Å². The van der Waals surface area contributed by atoms with Crippen molar-refractivity contribution in [1.29, 1.82) is 0 Å². The molecule has 2 heterocycles. The first kappa shape index (κ1) is 8.55. The van der Waals surface area contributed by atoms with Gasteiger partial charge in [0.2, 0.25) is 5.88 Å². The number of rotatable bonds is 3. The van der Waals surface area contributed by atoms with E-state index in [9.17, 15) is 0 Å². The summed E-state index contributed by atoms with van der Waals surface area (Å²) in [7, 11) is 1.57. The lowest BCUT2D eigenvalue weighted by atomic mass is 10.6. The molecule has 72 valence electrons. The van der Waals surface area contributed by atoms with Gasteiger partial charge in [-0.1, -0.05) is 0 Å². The Morgan fingerprint density at radius 2 is 2.07 bits per heavy atom. The van der Waals surface area contributed by atoms with E-state index in [4.69, 9.17) is 4.74 Å². The minimum atomic E-state index is 0.537. The molecule has 0 radical (unpaired) electrons. The van der Waals surface area contributed by atoms with Crippen molar-refractivity contribution in [2.24, 2.45) is 0 Å². The normalized spacial score (nSPS) is 9.79. The fraction of sp³-hybridized carbons (Fsp3) is 0.111. The Morgan fingerprint density at radius 1 is 1.29 bits per heavy atom. The molecule has 0 amide bonds. The number of aromatic nitrogens is 3. The molecule has 2 aromatic heterocycles. The minimum absolute atomic E-state index is 0.537. The second-order valence-corrected chi connectivity index (χ2v) is 2.65. The number of ether oxygens (including phenoxy) is 1. The van der Waals surface area contributed by atoms with Gasteiger partial charge >= 0.3 is 0 Å². The van der Waals surface area contributed by atoms with Crippen LogP contribution in [0.15, 0.2) is 36.9 Å². The molecular formula is C9H10N4O.